The van der Waals surface area contributed by atoms with Crippen molar-refractivity contribution in [3.63, 3.8) is 0 Å². The number of ether oxygens (including phenoxy) is 2. The predicted octanol–water partition coefficient (Wildman–Crippen LogP) is 3.92. The lowest BCUT2D eigenvalue weighted by Gasteiger charge is -2.11. The van der Waals surface area contributed by atoms with Gasteiger partial charge in [0.05, 0.1) is 17.7 Å². The van der Waals surface area contributed by atoms with Crippen LogP contribution in [0.4, 0.5) is 0 Å². The Kier molecular flexibility index (Phi) is 5.44. The summed E-state index contributed by atoms with van der Waals surface area (Å²) in [5.41, 5.74) is 1.88. The molecule has 20 heavy (non-hydrogen) atoms. The van der Waals surface area contributed by atoms with E-state index in [0.29, 0.717) is 13.2 Å². The Morgan fingerprint density at radius 3 is 2.45 bits per heavy atom. The largest absolute Gasteiger partial charge is 0.494 e. The third-order valence-electron chi connectivity index (χ3n) is 2.84. The number of rotatable bonds is 6. The average Bonchev–Trinajstić information content (AvgIpc) is 2.48. The SMILES string of the molecule is CCOc1ccc(COc2cccc(CO)c2Br)cc1. The Labute approximate surface area is 127 Å². The van der Waals surface area contributed by atoms with Gasteiger partial charge in [0.2, 0.25) is 0 Å². The fraction of sp³-hybridized carbons (Fsp3) is 0.250. The van der Waals surface area contributed by atoms with E-state index in [1.165, 1.54) is 0 Å². The van der Waals surface area contributed by atoms with Crippen LogP contribution in [-0.4, -0.2) is 11.7 Å². The fourth-order valence-corrected chi connectivity index (χ4v) is 2.30. The summed E-state index contributed by atoms with van der Waals surface area (Å²) in [6, 6.07) is 13.4. The topological polar surface area (TPSA) is 38.7 Å². The maximum absolute atomic E-state index is 9.21. The van der Waals surface area contributed by atoms with E-state index in [1.807, 2.05) is 49.4 Å². The van der Waals surface area contributed by atoms with Crippen LogP contribution in [0, 0.1) is 0 Å². The van der Waals surface area contributed by atoms with E-state index in [9.17, 15) is 5.11 Å². The first-order chi connectivity index (χ1) is 9.74. The van der Waals surface area contributed by atoms with Crippen molar-refractivity contribution >= 4 is 15.9 Å². The van der Waals surface area contributed by atoms with Gasteiger partial charge < -0.3 is 14.6 Å². The van der Waals surface area contributed by atoms with E-state index >= 15 is 0 Å². The van der Waals surface area contributed by atoms with Gasteiger partial charge in [0, 0.05) is 0 Å². The summed E-state index contributed by atoms with van der Waals surface area (Å²) < 4.78 is 12.0. The zero-order chi connectivity index (χ0) is 14.4. The molecule has 0 amide bonds. The summed E-state index contributed by atoms with van der Waals surface area (Å²) in [5, 5.41) is 9.21. The Balaban J connectivity index is 2.01. The van der Waals surface area contributed by atoms with Crippen LogP contribution in [0.15, 0.2) is 46.9 Å². The highest BCUT2D eigenvalue weighted by Crippen LogP contribution is 2.29. The molecule has 0 fully saturated rings. The Morgan fingerprint density at radius 1 is 1.05 bits per heavy atom. The van der Waals surface area contributed by atoms with Crippen molar-refractivity contribution in [2.24, 2.45) is 0 Å². The van der Waals surface area contributed by atoms with E-state index in [1.54, 1.807) is 0 Å². The fourth-order valence-electron chi connectivity index (χ4n) is 1.80. The monoisotopic (exact) mass is 336 g/mol. The number of benzene rings is 2. The van der Waals surface area contributed by atoms with Crippen molar-refractivity contribution in [2.45, 2.75) is 20.1 Å². The molecule has 2 aromatic carbocycles. The molecule has 0 bridgehead atoms. The molecule has 3 nitrogen and oxygen atoms in total. The lowest BCUT2D eigenvalue weighted by atomic mass is 10.2. The summed E-state index contributed by atoms with van der Waals surface area (Å²) in [7, 11) is 0. The van der Waals surface area contributed by atoms with Gasteiger partial charge in [0.25, 0.3) is 0 Å². The van der Waals surface area contributed by atoms with Crippen molar-refractivity contribution in [3.05, 3.63) is 58.1 Å². The second-order valence-electron chi connectivity index (χ2n) is 4.25. The average molecular weight is 337 g/mol. The van der Waals surface area contributed by atoms with Gasteiger partial charge in [-0.1, -0.05) is 24.3 Å². The number of halogens is 1. The van der Waals surface area contributed by atoms with E-state index in [2.05, 4.69) is 15.9 Å². The van der Waals surface area contributed by atoms with Crippen LogP contribution in [0.1, 0.15) is 18.1 Å². The highest BCUT2D eigenvalue weighted by atomic mass is 79.9. The minimum atomic E-state index is -0.0131. The van der Waals surface area contributed by atoms with Crippen molar-refractivity contribution in [2.75, 3.05) is 6.61 Å². The van der Waals surface area contributed by atoms with Gasteiger partial charge in [-0.15, -0.1) is 0 Å². The smallest absolute Gasteiger partial charge is 0.134 e. The van der Waals surface area contributed by atoms with Crippen molar-refractivity contribution in [1.29, 1.82) is 0 Å². The zero-order valence-electron chi connectivity index (χ0n) is 11.3. The maximum Gasteiger partial charge on any atom is 0.134 e. The van der Waals surface area contributed by atoms with Crippen molar-refractivity contribution in [3.8, 4) is 11.5 Å². The first-order valence-electron chi connectivity index (χ1n) is 6.47. The first-order valence-corrected chi connectivity index (χ1v) is 7.26. The van der Waals surface area contributed by atoms with Gasteiger partial charge in [0.1, 0.15) is 18.1 Å². The number of aliphatic hydroxyl groups is 1. The van der Waals surface area contributed by atoms with Crippen LogP contribution >= 0.6 is 15.9 Å². The molecule has 0 radical (unpaired) electrons. The van der Waals surface area contributed by atoms with Crippen LogP contribution in [-0.2, 0) is 13.2 Å². The summed E-state index contributed by atoms with van der Waals surface area (Å²) in [4.78, 5) is 0. The summed E-state index contributed by atoms with van der Waals surface area (Å²) in [5.74, 6) is 1.59. The molecule has 0 saturated carbocycles. The minimum Gasteiger partial charge on any atom is -0.494 e. The molecule has 0 aliphatic carbocycles. The quantitative estimate of drug-likeness (QED) is 0.868. The third kappa shape index (κ3) is 3.74. The van der Waals surface area contributed by atoms with Crippen molar-refractivity contribution in [1.82, 2.24) is 0 Å². The second kappa shape index (κ2) is 7.31. The molecule has 0 spiro atoms. The molecule has 0 heterocycles. The Bertz CT molecular complexity index is 552. The van der Waals surface area contributed by atoms with Gasteiger partial charge in [-0.3, -0.25) is 0 Å². The molecule has 106 valence electrons. The summed E-state index contributed by atoms with van der Waals surface area (Å²) >= 11 is 3.44. The van der Waals surface area contributed by atoms with E-state index in [0.717, 1.165) is 27.1 Å². The predicted molar refractivity (Wildman–Crippen MR) is 82.0 cm³/mol. The van der Waals surface area contributed by atoms with Gasteiger partial charge in [0.15, 0.2) is 0 Å². The van der Waals surface area contributed by atoms with E-state index in [4.69, 9.17) is 9.47 Å². The van der Waals surface area contributed by atoms with Crippen LogP contribution in [0.5, 0.6) is 11.5 Å². The van der Waals surface area contributed by atoms with E-state index in [-0.39, 0.29) is 6.61 Å². The van der Waals surface area contributed by atoms with Gasteiger partial charge in [-0.05, 0) is 52.2 Å². The molecule has 0 saturated heterocycles. The molecule has 0 aliphatic heterocycles. The molecule has 0 aliphatic rings. The van der Waals surface area contributed by atoms with Crippen LogP contribution < -0.4 is 9.47 Å². The molecule has 2 rings (SSSR count). The normalized spacial score (nSPS) is 10.3. The molecule has 4 heteroatoms. The van der Waals surface area contributed by atoms with E-state index < -0.39 is 0 Å². The van der Waals surface area contributed by atoms with Crippen molar-refractivity contribution < 1.29 is 14.6 Å². The number of hydrogen-bond donors (Lipinski definition) is 1. The highest BCUT2D eigenvalue weighted by Gasteiger charge is 2.06. The number of hydrogen-bond acceptors (Lipinski definition) is 3. The molecule has 1 N–H and O–H groups in total. The molecule has 2 aromatic rings. The minimum absolute atomic E-state index is 0.0131. The maximum atomic E-state index is 9.21. The standard InChI is InChI=1S/C16H17BrO3/c1-2-19-14-8-6-12(7-9-14)11-20-15-5-3-4-13(10-18)16(15)17/h3-9,18H,2,10-11H2,1H3. The third-order valence-corrected chi connectivity index (χ3v) is 3.74. The lowest BCUT2D eigenvalue weighted by Crippen LogP contribution is -1.98. The van der Waals surface area contributed by atoms with Crippen LogP contribution in [0.2, 0.25) is 0 Å². The lowest BCUT2D eigenvalue weighted by molar-refractivity contribution is 0.276. The zero-order valence-corrected chi connectivity index (χ0v) is 12.9. The van der Waals surface area contributed by atoms with Gasteiger partial charge >= 0.3 is 0 Å². The van der Waals surface area contributed by atoms with Crippen LogP contribution in [0.25, 0.3) is 0 Å². The summed E-state index contributed by atoms with van der Waals surface area (Å²) in [6.45, 7) is 3.08. The van der Waals surface area contributed by atoms with Gasteiger partial charge in [-0.2, -0.15) is 0 Å². The van der Waals surface area contributed by atoms with Gasteiger partial charge in [-0.25, -0.2) is 0 Å². The summed E-state index contributed by atoms with van der Waals surface area (Å²) in [6.07, 6.45) is 0. The molecule has 0 unspecified atom stereocenters. The Morgan fingerprint density at radius 2 is 1.80 bits per heavy atom. The Hall–Kier alpha value is -1.52. The molecular formula is C16H17BrO3. The molecular weight excluding hydrogens is 320 g/mol. The first kappa shape index (κ1) is 14.9. The molecule has 0 atom stereocenters. The highest BCUT2D eigenvalue weighted by molar-refractivity contribution is 9.10. The number of aliphatic hydroxyl groups excluding tert-OH is 1. The van der Waals surface area contributed by atoms with Crippen LogP contribution in [0.3, 0.4) is 0 Å². The molecule has 0 aromatic heterocycles. The second-order valence-corrected chi connectivity index (χ2v) is 5.05.